The molecule has 1 aliphatic heterocycles. The number of nitrogen functional groups attached to an aromatic ring is 1. The number of aromatic nitrogens is 2. The average molecular weight is 255 g/mol. The van der Waals surface area contributed by atoms with E-state index in [2.05, 4.69) is 43.5 Å². The number of anilines is 1. The van der Waals surface area contributed by atoms with Crippen molar-refractivity contribution in [2.75, 3.05) is 5.73 Å². The highest BCUT2D eigenvalue weighted by molar-refractivity contribution is 5.74. The highest BCUT2D eigenvalue weighted by Crippen LogP contribution is 2.35. The van der Waals surface area contributed by atoms with Gasteiger partial charge in [-0.1, -0.05) is 24.6 Å². The molecule has 1 aliphatic rings. The molecular weight excluding hydrogens is 234 g/mol. The van der Waals surface area contributed by atoms with E-state index in [1.165, 1.54) is 29.5 Å². The van der Waals surface area contributed by atoms with Crippen molar-refractivity contribution in [2.24, 2.45) is 0 Å². The van der Waals surface area contributed by atoms with Gasteiger partial charge in [-0.25, -0.2) is 4.98 Å². The van der Waals surface area contributed by atoms with Crippen LogP contribution in [0, 0.1) is 13.8 Å². The second kappa shape index (κ2) is 4.41. The molecule has 0 fully saturated rings. The smallest absolute Gasteiger partial charge is 0.131 e. The van der Waals surface area contributed by atoms with Gasteiger partial charge in [0.1, 0.15) is 17.3 Å². The van der Waals surface area contributed by atoms with Crippen LogP contribution in [0.15, 0.2) is 18.2 Å². The van der Waals surface area contributed by atoms with E-state index in [-0.39, 0.29) is 0 Å². The molecule has 100 valence electrons. The summed E-state index contributed by atoms with van der Waals surface area (Å²) in [6.07, 6.45) is 2.41. The Morgan fingerprint density at radius 2 is 2.11 bits per heavy atom. The summed E-state index contributed by atoms with van der Waals surface area (Å²) in [7, 11) is 0. The highest BCUT2D eigenvalue weighted by atomic mass is 15.2. The first kappa shape index (κ1) is 12.3. The molecule has 0 spiro atoms. The topological polar surface area (TPSA) is 43.8 Å². The lowest BCUT2D eigenvalue weighted by Gasteiger charge is -2.20. The summed E-state index contributed by atoms with van der Waals surface area (Å²) in [4.78, 5) is 4.84. The Morgan fingerprint density at radius 3 is 2.84 bits per heavy atom. The summed E-state index contributed by atoms with van der Waals surface area (Å²) in [5.74, 6) is 2.49. The van der Waals surface area contributed by atoms with Crippen LogP contribution in [0.2, 0.25) is 0 Å². The van der Waals surface area contributed by atoms with Gasteiger partial charge in [0.2, 0.25) is 0 Å². The van der Waals surface area contributed by atoms with Gasteiger partial charge in [-0.15, -0.1) is 0 Å². The number of imidazole rings is 1. The van der Waals surface area contributed by atoms with Crippen LogP contribution in [-0.2, 0) is 6.54 Å². The minimum Gasteiger partial charge on any atom is -0.383 e. The number of nitrogens with two attached hydrogens (primary N) is 1. The van der Waals surface area contributed by atoms with E-state index in [1.54, 1.807) is 0 Å². The molecule has 0 aliphatic carbocycles. The molecule has 1 atom stereocenters. The summed E-state index contributed by atoms with van der Waals surface area (Å²) in [6.45, 7) is 7.47. The minimum absolute atomic E-state index is 0.509. The van der Waals surface area contributed by atoms with E-state index in [9.17, 15) is 0 Å². The number of rotatable bonds is 1. The van der Waals surface area contributed by atoms with Crippen LogP contribution >= 0.6 is 0 Å². The zero-order chi connectivity index (χ0) is 13.6. The Hall–Kier alpha value is -1.77. The molecule has 0 bridgehead atoms. The molecule has 2 aromatic rings. The van der Waals surface area contributed by atoms with E-state index in [0.717, 1.165) is 23.9 Å². The first-order valence-electron chi connectivity index (χ1n) is 7.01. The summed E-state index contributed by atoms with van der Waals surface area (Å²) >= 11 is 0. The number of benzene rings is 1. The second-order valence-electron chi connectivity index (χ2n) is 5.72. The average Bonchev–Trinajstić information content (AvgIpc) is 2.72. The lowest BCUT2D eigenvalue weighted by Crippen LogP contribution is -2.15. The van der Waals surface area contributed by atoms with Crippen LogP contribution in [0.1, 0.15) is 42.6 Å². The molecular formula is C16H21N3. The van der Waals surface area contributed by atoms with Gasteiger partial charge in [0, 0.05) is 18.0 Å². The van der Waals surface area contributed by atoms with E-state index in [4.69, 9.17) is 10.7 Å². The molecule has 19 heavy (non-hydrogen) atoms. The second-order valence-corrected chi connectivity index (χ2v) is 5.72. The van der Waals surface area contributed by atoms with Crippen LogP contribution in [0.25, 0.3) is 11.3 Å². The summed E-state index contributed by atoms with van der Waals surface area (Å²) in [5.41, 5.74) is 11.0. The van der Waals surface area contributed by atoms with Crippen molar-refractivity contribution >= 4 is 5.82 Å². The predicted molar refractivity (Wildman–Crippen MR) is 79.2 cm³/mol. The fraction of sp³-hybridized carbons (Fsp3) is 0.438. The van der Waals surface area contributed by atoms with Crippen LogP contribution < -0.4 is 5.73 Å². The Labute approximate surface area is 114 Å². The molecule has 2 N–H and O–H groups in total. The number of hydrogen-bond acceptors (Lipinski definition) is 2. The molecule has 0 saturated carbocycles. The number of hydrogen-bond donors (Lipinski definition) is 1. The maximum atomic E-state index is 6.34. The lowest BCUT2D eigenvalue weighted by atomic mass is 10.0. The van der Waals surface area contributed by atoms with Crippen molar-refractivity contribution in [1.82, 2.24) is 9.55 Å². The molecule has 3 rings (SSSR count). The van der Waals surface area contributed by atoms with Gasteiger partial charge >= 0.3 is 0 Å². The number of aryl methyl sites for hydroxylation is 2. The number of nitrogens with zero attached hydrogens (tertiary/aromatic N) is 2. The third kappa shape index (κ3) is 1.93. The van der Waals surface area contributed by atoms with Gasteiger partial charge in [0.15, 0.2) is 0 Å². The van der Waals surface area contributed by atoms with Crippen molar-refractivity contribution in [1.29, 1.82) is 0 Å². The van der Waals surface area contributed by atoms with Crippen molar-refractivity contribution in [3.8, 4) is 11.3 Å². The van der Waals surface area contributed by atoms with Crippen molar-refractivity contribution in [3.63, 3.8) is 0 Å². The molecule has 1 aromatic carbocycles. The Kier molecular flexibility index (Phi) is 2.85. The lowest BCUT2D eigenvalue weighted by molar-refractivity contribution is 0.467. The standard InChI is InChI=1S/C16H21N3/c1-10-6-7-11(2)13(9-10)14-15(17)19-8-4-5-12(3)16(19)18-14/h6-7,9,12H,4-5,8,17H2,1-3H3. The Morgan fingerprint density at radius 1 is 1.32 bits per heavy atom. The first-order chi connectivity index (χ1) is 9.08. The van der Waals surface area contributed by atoms with E-state index < -0.39 is 0 Å². The van der Waals surface area contributed by atoms with Crippen molar-refractivity contribution in [2.45, 2.75) is 46.1 Å². The zero-order valence-electron chi connectivity index (χ0n) is 11.9. The first-order valence-corrected chi connectivity index (χ1v) is 7.01. The monoisotopic (exact) mass is 255 g/mol. The molecule has 1 aromatic heterocycles. The third-order valence-corrected chi connectivity index (χ3v) is 4.14. The maximum absolute atomic E-state index is 6.34. The SMILES string of the molecule is Cc1ccc(C)c(-c2nc3n(c2N)CCCC3C)c1. The fourth-order valence-corrected chi connectivity index (χ4v) is 2.97. The Bertz CT molecular complexity index is 625. The van der Waals surface area contributed by atoms with Gasteiger partial charge in [-0.3, -0.25) is 0 Å². The van der Waals surface area contributed by atoms with Gasteiger partial charge in [-0.05, 0) is 38.3 Å². The molecule has 1 unspecified atom stereocenters. The summed E-state index contributed by atoms with van der Waals surface area (Å²) in [6, 6.07) is 6.46. The quantitative estimate of drug-likeness (QED) is 0.845. The highest BCUT2D eigenvalue weighted by Gasteiger charge is 2.24. The van der Waals surface area contributed by atoms with E-state index in [0.29, 0.717) is 5.92 Å². The van der Waals surface area contributed by atoms with Crippen molar-refractivity contribution in [3.05, 3.63) is 35.2 Å². The van der Waals surface area contributed by atoms with Gasteiger partial charge in [0.25, 0.3) is 0 Å². The van der Waals surface area contributed by atoms with Gasteiger partial charge in [0.05, 0.1) is 0 Å². The molecule has 0 saturated heterocycles. The fourth-order valence-electron chi connectivity index (χ4n) is 2.97. The van der Waals surface area contributed by atoms with E-state index >= 15 is 0 Å². The van der Waals surface area contributed by atoms with Crippen LogP contribution in [0.4, 0.5) is 5.82 Å². The largest absolute Gasteiger partial charge is 0.383 e. The van der Waals surface area contributed by atoms with Crippen molar-refractivity contribution < 1.29 is 0 Å². The molecule has 0 amide bonds. The summed E-state index contributed by atoms with van der Waals surface area (Å²) < 4.78 is 2.20. The predicted octanol–water partition coefficient (Wildman–Crippen LogP) is 3.65. The normalized spacial score (nSPS) is 18.4. The van der Waals surface area contributed by atoms with Crippen LogP contribution in [0.3, 0.4) is 0 Å². The Balaban J connectivity index is 2.18. The van der Waals surface area contributed by atoms with Gasteiger partial charge in [-0.2, -0.15) is 0 Å². The minimum atomic E-state index is 0.509. The third-order valence-electron chi connectivity index (χ3n) is 4.14. The summed E-state index contributed by atoms with van der Waals surface area (Å²) in [5, 5.41) is 0. The van der Waals surface area contributed by atoms with Crippen LogP contribution in [0.5, 0.6) is 0 Å². The molecule has 0 radical (unpaired) electrons. The molecule has 2 heterocycles. The van der Waals surface area contributed by atoms with E-state index in [1.807, 2.05) is 0 Å². The molecule has 3 nitrogen and oxygen atoms in total. The maximum Gasteiger partial charge on any atom is 0.131 e. The van der Waals surface area contributed by atoms with Gasteiger partial charge < -0.3 is 10.3 Å². The van der Waals surface area contributed by atoms with Crippen LogP contribution in [-0.4, -0.2) is 9.55 Å². The number of fused-ring (bicyclic) bond motifs is 1. The zero-order valence-corrected chi connectivity index (χ0v) is 11.9. The molecule has 3 heteroatoms.